The maximum absolute atomic E-state index is 12.4. The number of aliphatic hydroxyl groups excluding tert-OH is 1. The number of nitrogens with one attached hydrogen (secondary N) is 3. The Hall–Kier alpha value is -4.86. The monoisotopic (exact) mass is 731 g/mol. The molecule has 0 spiro atoms. The van der Waals surface area contributed by atoms with Crippen molar-refractivity contribution >= 4 is 51.4 Å². The summed E-state index contributed by atoms with van der Waals surface area (Å²) in [6.45, 7) is 3.56. The van der Waals surface area contributed by atoms with Gasteiger partial charge in [0.05, 0.1) is 46.0 Å². The quantitative estimate of drug-likeness (QED) is 0.0572. The Morgan fingerprint density at radius 2 is 1.98 bits per heavy atom. The summed E-state index contributed by atoms with van der Waals surface area (Å²) in [4.78, 5) is 35.1. The van der Waals surface area contributed by atoms with Crippen molar-refractivity contribution in [1.82, 2.24) is 16.1 Å². The number of hydrogen-bond acceptors (Lipinski definition) is 11. The molecule has 47 heavy (non-hydrogen) atoms. The minimum Gasteiger partial charge on any atom is -0.490 e. The Kier molecular flexibility index (Phi) is 12.0. The average Bonchev–Trinajstić information content (AvgIpc) is 3.03. The molecule has 1 aliphatic rings. The van der Waals surface area contributed by atoms with Gasteiger partial charge in [0.2, 0.25) is 0 Å². The van der Waals surface area contributed by atoms with Crippen LogP contribution < -0.4 is 30.3 Å². The van der Waals surface area contributed by atoms with Gasteiger partial charge >= 0.3 is 12.0 Å². The van der Waals surface area contributed by atoms with Gasteiger partial charge < -0.3 is 34.7 Å². The van der Waals surface area contributed by atoms with Gasteiger partial charge in [-0.05, 0) is 70.7 Å². The second kappa shape index (κ2) is 16.1. The van der Waals surface area contributed by atoms with E-state index < -0.39 is 29.2 Å². The first kappa shape index (κ1) is 35.0. The van der Waals surface area contributed by atoms with Crippen LogP contribution in [0.3, 0.4) is 0 Å². The Labute approximate surface area is 283 Å². The molecule has 1 aliphatic heterocycles. The van der Waals surface area contributed by atoms with E-state index in [0.717, 1.165) is 0 Å². The molecular weight excluding hydrogens is 702 g/mol. The number of methoxy groups -OCH3 is 1. The lowest BCUT2D eigenvalue weighted by Gasteiger charge is -2.28. The van der Waals surface area contributed by atoms with Crippen LogP contribution in [0.2, 0.25) is 5.02 Å². The van der Waals surface area contributed by atoms with Crippen LogP contribution in [0.15, 0.2) is 75.4 Å². The number of carbonyl (C=O) groups excluding carboxylic acids is 2. The van der Waals surface area contributed by atoms with Gasteiger partial charge in [0, 0.05) is 17.8 Å². The summed E-state index contributed by atoms with van der Waals surface area (Å²) >= 11 is 9.83. The van der Waals surface area contributed by atoms with E-state index in [1.807, 2.05) is 0 Å². The minimum atomic E-state index is -1.21. The normalized spacial score (nSPS) is 15.0. The lowest BCUT2D eigenvalue weighted by molar-refractivity contribution is -0.384. The number of carbonyl (C=O) groups is 2. The molecule has 248 valence electrons. The molecule has 4 N–H and O–H groups in total. The summed E-state index contributed by atoms with van der Waals surface area (Å²) in [7, 11) is 1.26. The Balaban J connectivity index is 1.37. The number of halogens is 2. The number of aliphatic hydroxyl groups is 1. The van der Waals surface area contributed by atoms with E-state index in [0.29, 0.717) is 50.7 Å². The van der Waals surface area contributed by atoms with Crippen molar-refractivity contribution in [2.75, 3.05) is 20.3 Å². The standard InChI is InChI=1S/C31H31BrClN5O9/c1-4-45-25-13-20(28-27(30(40)44-3)17(2)35-31(41)36-28)8-9-24(25)46-16-26(39)37-34-14-19-11-22(32)29(23(33)12-19)47-15-18-6-5-7-21(10-18)38(42)43/h5-14,26,28,37,39H,4,15-16H2,1-3H3,(H2,35,36,41)/b34-14-/t26-,28-/m0/s1. The van der Waals surface area contributed by atoms with E-state index in [1.165, 1.54) is 25.5 Å². The third-order valence-corrected chi connectivity index (χ3v) is 7.50. The number of esters is 1. The van der Waals surface area contributed by atoms with Gasteiger partial charge in [-0.1, -0.05) is 29.8 Å². The first-order chi connectivity index (χ1) is 22.5. The first-order valence-corrected chi connectivity index (χ1v) is 15.3. The summed E-state index contributed by atoms with van der Waals surface area (Å²) in [5.41, 5.74) is 4.89. The minimum absolute atomic E-state index is 0.0391. The number of amides is 2. The fourth-order valence-corrected chi connectivity index (χ4v) is 5.52. The molecule has 0 aromatic heterocycles. The Morgan fingerprint density at radius 1 is 1.19 bits per heavy atom. The number of hydrogen-bond donors (Lipinski definition) is 4. The highest BCUT2D eigenvalue weighted by Crippen LogP contribution is 2.36. The zero-order valence-electron chi connectivity index (χ0n) is 25.4. The topological polar surface area (TPSA) is 183 Å². The summed E-state index contributed by atoms with van der Waals surface area (Å²) in [6, 6.07) is 13.1. The molecule has 1 heterocycles. The second-order valence-corrected chi connectivity index (χ2v) is 11.2. The number of nitrogens with zero attached hydrogens (tertiary/aromatic N) is 2. The van der Waals surface area contributed by atoms with Crippen LogP contribution in [0.4, 0.5) is 10.5 Å². The molecule has 0 aliphatic carbocycles. The van der Waals surface area contributed by atoms with Crippen molar-refractivity contribution in [3.05, 3.63) is 102 Å². The van der Waals surface area contributed by atoms with Crippen molar-refractivity contribution in [2.45, 2.75) is 32.7 Å². The molecule has 0 saturated heterocycles. The predicted molar refractivity (Wildman–Crippen MR) is 176 cm³/mol. The van der Waals surface area contributed by atoms with Crippen LogP contribution in [0, 0.1) is 10.1 Å². The van der Waals surface area contributed by atoms with E-state index in [-0.39, 0.29) is 29.5 Å². The summed E-state index contributed by atoms with van der Waals surface area (Å²) in [5, 5.41) is 31.1. The SMILES string of the molecule is CCOc1cc([C@@H]2NC(=O)NC(C)=C2C(=O)OC)ccc1OC[C@H](O)N/N=C\c1cc(Cl)c(OCc2cccc([N+](=O)[O-])c2)c(Br)c1. The smallest absolute Gasteiger partial charge is 0.337 e. The van der Waals surface area contributed by atoms with Crippen molar-refractivity contribution in [3.63, 3.8) is 0 Å². The van der Waals surface area contributed by atoms with Crippen molar-refractivity contribution in [3.8, 4) is 17.2 Å². The van der Waals surface area contributed by atoms with Crippen LogP contribution in [0.25, 0.3) is 0 Å². The molecule has 14 nitrogen and oxygen atoms in total. The highest BCUT2D eigenvalue weighted by Gasteiger charge is 2.32. The highest BCUT2D eigenvalue weighted by molar-refractivity contribution is 9.10. The molecule has 0 radical (unpaired) electrons. The Bertz CT molecular complexity index is 1700. The van der Waals surface area contributed by atoms with Gasteiger partial charge in [0.1, 0.15) is 13.2 Å². The number of rotatable bonds is 14. The van der Waals surface area contributed by atoms with Crippen LogP contribution in [-0.2, 0) is 16.1 Å². The van der Waals surface area contributed by atoms with Crippen LogP contribution in [0.5, 0.6) is 17.2 Å². The van der Waals surface area contributed by atoms with Crippen LogP contribution >= 0.6 is 27.5 Å². The number of nitro groups is 1. The number of hydrazone groups is 1. The molecule has 3 aromatic carbocycles. The number of nitro benzene ring substituents is 1. The second-order valence-electron chi connectivity index (χ2n) is 9.94. The van der Waals surface area contributed by atoms with Gasteiger partial charge in [-0.15, -0.1) is 0 Å². The van der Waals surface area contributed by atoms with Crippen molar-refractivity contribution in [1.29, 1.82) is 0 Å². The third-order valence-electron chi connectivity index (χ3n) is 6.63. The van der Waals surface area contributed by atoms with Crippen molar-refractivity contribution < 1.29 is 38.6 Å². The highest BCUT2D eigenvalue weighted by atomic mass is 79.9. The molecule has 2 atom stereocenters. The first-order valence-electron chi connectivity index (χ1n) is 14.1. The van der Waals surface area contributed by atoms with Crippen LogP contribution in [-0.4, -0.2) is 54.8 Å². The van der Waals surface area contributed by atoms with E-state index in [1.54, 1.807) is 56.3 Å². The number of benzene rings is 3. The largest absolute Gasteiger partial charge is 0.490 e. The van der Waals surface area contributed by atoms with Gasteiger partial charge in [0.15, 0.2) is 23.5 Å². The fraction of sp³-hybridized carbons (Fsp3) is 0.258. The predicted octanol–water partition coefficient (Wildman–Crippen LogP) is 5.11. The molecule has 0 unspecified atom stereocenters. The van der Waals surface area contributed by atoms with Crippen LogP contribution in [0.1, 0.15) is 36.6 Å². The molecule has 16 heteroatoms. The maximum Gasteiger partial charge on any atom is 0.337 e. The number of non-ortho nitro benzene ring substituents is 1. The van der Waals surface area contributed by atoms with Crippen molar-refractivity contribution in [2.24, 2.45) is 5.10 Å². The molecule has 0 saturated carbocycles. The lowest BCUT2D eigenvalue weighted by atomic mass is 9.95. The molecule has 0 fully saturated rings. The molecular formula is C31H31BrClN5O9. The average molecular weight is 733 g/mol. The van der Waals surface area contributed by atoms with E-state index in [4.69, 9.17) is 30.5 Å². The number of urea groups is 1. The van der Waals surface area contributed by atoms with Gasteiger partial charge in [-0.2, -0.15) is 5.10 Å². The molecule has 0 bridgehead atoms. The lowest BCUT2D eigenvalue weighted by Crippen LogP contribution is -2.45. The maximum atomic E-state index is 12.4. The summed E-state index contributed by atoms with van der Waals surface area (Å²) in [5.74, 6) is 0.410. The van der Waals surface area contributed by atoms with Gasteiger partial charge in [-0.25, -0.2) is 9.59 Å². The fourth-order valence-electron chi connectivity index (χ4n) is 4.53. The number of ether oxygens (including phenoxy) is 4. The Morgan fingerprint density at radius 3 is 2.68 bits per heavy atom. The summed E-state index contributed by atoms with van der Waals surface area (Å²) in [6.07, 6.45) is 0.226. The van der Waals surface area contributed by atoms with E-state index >= 15 is 0 Å². The molecule has 2 amide bonds. The molecule has 3 aromatic rings. The van der Waals surface area contributed by atoms with Gasteiger partial charge in [0.25, 0.3) is 5.69 Å². The number of allylic oxidation sites excluding steroid dienone is 1. The zero-order chi connectivity index (χ0) is 34.1. The summed E-state index contributed by atoms with van der Waals surface area (Å²) < 4.78 is 22.7. The third kappa shape index (κ3) is 9.12. The van der Waals surface area contributed by atoms with E-state index in [9.17, 15) is 24.8 Å². The van der Waals surface area contributed by atoms with E-state index in [2.05, 4.69) is 37.1 Å². The van der Waals surface area contributed by atoms with Gasteiger partial charge in [-0.3, -0.25) is 15.5 Å². The molecule has 4 rings (SSSR count). The zero-order valence-corrected chi connectivity index (χ0v) is 27.8.